The number of halogens is 4. The third-order valence-electron chi connectivity index (χ3n) is 1.32. The minimum atomic E-state index is -1.11. The van der Waals surface area contributed by atoms with Crippen molar-refractivity contribution in [1.29, 1.82) is 0 Å². The maximum atomic E-state index is 10.7. The number of rotatable bonds is 1. The minimum Gasteiger partial charge on any atom is -0.545 e. The van der Waals surface area contributed by atoms with Gasteiger partial charge < -0.3 is 9.90 Å². The lowest BCUT2D eigenvalue weighted by molar-refractivity contribution is -0.255. The molecule has 6 heteroatoms. The average molecular weight is 625 g/mol. The van der Waals surface area contributed by atoms with Crippen LogP contribution in [-0.2, 0) is 0 Å². The fourth-order valence-corrected chi connectivity index (χ4v) is 3.99. The summed E-state index contributed by atoms with van der Waals surface area (Å²) in [6.45, 7) is 0. The first-order valence-corrected chi connectivity index (χ1v) is 7.31. The Kier molecular flexibility index (Phi) is 4.97. The molecule has 0 bridgehead atoms. The molecule has 13 heavy (non-hydrogen) atoms. The van der Waals surface area contributed by atoms with Crippen LogP contribution in [0.3, 0.4) is 0 Å². The van der Waals surface area contributed by atoms with Crippen LogP contribution in [0.1, 0.15) is 10.4 Å². The van der Waals surface area contributed by atoms with Crippen LogP contribution in [-0.4, -0.2) is 5.97 Å². The van der Waals surface area contributed by atoms with Gasteiger partial charge in [0.15, 0.2) is 0 Å². The van der Waals surface area contributed by atoms with Crippen molar-refractivity contribution in [2.45, 2.75) is 0 Å². The van der Waals surface area contributed by atoms with Crippen molar-refractivity contribution in [3.05, 3.63) is 25.9 Å². The summed E-state index contributed by atoms with van der Waals surface area (Å²) in [7, 11) is 0. The Morgan fingerprint density at radius 1 is 1.08 bits per heavy atom. The van der Waals surface area contributed by atoms with Crippen LogP contribution in [0.15, 0.2) is 6.07 Å². The van der Waals surface area contributed by atoms with E-state index in [1.165, 1.54) is 0 Å². The highest BCUT2D eigenvalue weighted by molar-refractivity contribution is 14.1. The fraction of sp³-hybridized carbons (Fsp3) is 0. The Morgan fingerprint density at radius 3 is 2.08 bits per heavy atom. The highest BCUT2D eigenvalue weighted by Crippen LogP contribution is 2.28. The average Bonchev–Trinajstić information content (AvgIpc) is 2.07. The van der Waals surface area contributed by atoms with Crippen molar-refractivity contribution in [3.63, 3.8) is 0 Å². The van der Waals surface area contributed by atoms with Crippen LogP contribution >= 0.6 is 90.4 Å². The quantitative estimate of drug-likeness (QED) is 0.274. The van der Waals surface area contributed by atoms with Crippen molar-refractivity contribution < 1.29 is 9.90 Å². The Hall–Kier alpha value is 1.61. The van der Waals surface area contributed by atoms with Gasteiger partial charge in [0.25, 0.3) is 0 Å². The topological polar surface area (TPSA) is 40.1 Å². The Balaban J connectivity index is 3.50. The summed E-state index contributed by atoms with van der Waals surface area (Å²) in [5.41, 5.74) is 0.273. The number of carboxylic acid groups (broad SMARTS) is 1. The predicted molar refractivity (Wildman–Crippen MR) is 81.6 cm³/mol. The molecule has 0 saturated heterocycles. The molecule has 0 atom stereocenters. The summed E-state index contributed by atoms with van der Waals surface area (Å²) in [4.78, 5) is 10.7. The molecule has 0 aromatic heterocycles. The van der Waals surface area contributed by atoms with Gasteiger partial charge in [0.1, 0.15) is 0 Å². The zero-order valence-corrected chi connectivity index (χ0v) is 14.5. The van der Waals surface area contributed by atoms with Crippen molar-refractivity contribution in [1.82, 2.24) is 0 Å². The summed E-state index contributed by atoms with van der Waals surface area (Å²) in [5.74, 6) is -1.11. The highest BCUT2D eigenvalue weighted by atomic mass is 127. The molecule has 0 aliphatic carbocycles. The maximum Gasteiger partial charge on any atom is 0.0726 e. The first-order valence-electron chi connectivity index (χ1n) is 2.99. The molecule has 0 fully saturated rings. The molecule has 0 radical (unpaired) electrons. The Labute approximate surface area is 130 Å². The van der Waals surface area contributed by atoms with E-state index in [0.29, 0.717) is 0 Å². The van der Waals surface area contributed by atoms with E-state index in [4.69, 9.17) is 0 Å². The van der Waals surface area contributed by atoms with Crippen molar-refractivity contribution in [2.75, 3.05) is 0 Å². The fourth-order valence-electron chi connectivity index (χ4n) is 0.721. The van der Waals surface area contributed by atoms with Crippen molar-refractivity contribution >= 4 is 96.3 Å². The molecule has 1 aromatic carbocycles. The molecule has 1 rings (SSSR count). The summed E-state index contributed by atoms with van der Waals surface area (Å²) >= 11 is 8.49. The number of aromatic carboxylic acids is 1. The van der Waals surface area contributed by atoms with Crippen molar-refractivity contribution in [3.8, 4) is 0 Å². The van der Waals surface area contributed by atoms with Crippen LogP contribution in [0, 0.1) is 14.3 Å². The highest BCUT2D eigenvalue weighted by Gasteiger charge is 2.11. The zero-order valence-electron chi connectivity index (χ0n) is 5.91. The van der Waals surface area contributed by atoms with Gasteiger partial charge >= 0.3 is 0 Å². The molecule has 0 unspecified atom stereocenters. The van der Waals surface area contributed by atoms with Crippen LogP contribution in [0.5, 0.6) is 0 Å². The van der Waals surface area contributed by atoms with Crippen LogP contribution in [0.25, 0.3) is 0 Å². The normalized spacial score (nSPS) is 10.2. The van der Waals surface area contributed by atoms with Gasteiger partial charge in [-0.3, -0.25) is 0 Å². The second-order valence-electron chi connectivity index (χ2n) is 2.14. The van der Waals surface area contributed by atoms with E-state index in [0.717, 1.165) is 14.3 Å². The maximum absolute atomic E-state index is 10.7. The largest absolute Gasteiger partial charge is 0.545 e. The van der Waals surface area contributed by atoms with E-state index < -0.39 is 5.97 Å². The van der Waals surface area contributed by atoms with Gasteiger partial charge in [-0.25, -0.2) is 0 Å². The molecule has 0 N–H and O–H groups in total. The Morgan fingerprint density at radius 2 is 1.62 bits per heavy atom. The summed E-state index contributed by atoms with van der Waals surface area (Å²) in [6.07, 6.45) is 0. The van der Waals surface area contributed by atoms with E-state index in [1.807, 2.05) is 22.6 Å². The summed E-state index contributed by atoms with van der Waals surface area (Å²) < 4.78 is 3.77. The van der Waals surface area contributed by atoms with Crippen LogP contribution < -0.4 is 5.11 Å². The lowest BCUT2D eigenvalue weighted by Gasteiger charge is -2.10. The van der Waals surface area contributed by atoms with Crippen molar-refractivity contribution in [2.24, 2.45) is 0 Å². The number of benzene rings is 1. The third kappa shape index (κ3) is 2.80. The molecule has 0 amide bonds. The molecule has 0 aliphatic rings. The first-order chi connectivity index (χ1) is 5.95. The summed E-state index contributed by atoms with van der Waals surface area (Å²) in [5, 5.41) is 10.7. The van der Waals surface area contributed by atoms with Crippen LogP contribution in [0.2, 0.25) is 0 Å². The lowest BCUT2D eigenvalue weighted by atomic mass is 10.2. The number of carboxylic acids is 1. The van der Waals surface area contributed by atoms with Gasteiger partial charge in [-0.1, -0.05) is 0 Å². The van der Waals surface area contributed by atoms with E-state index in [9.17, 15) is 9.90 Å². The standard InChI is InChI=1S/C7H2I4O2/c8-3-1-2(7(12)13)4(9)6(11)5(3)10/h1H,(H,12,13)/p-1. The molecule has 70 valence electrons. The second-order valence-corrected chi connectivity index (χ2v) is 6.53. The van der Waals surface area contributed by atoms with E-state index >= 15 is 0 Å². The predicted octanol–water partition coefficient (Wildman–Crippen LogP) is 2.47. The molecule has 1 aromatic rings. The van der Waals surface area contributed by atoms with E-state index in [1.54, 1.807) is 6.07 Å². The van der Waals surface area contributed by atoms with Gasteiger partial charge in [0.2, 0.25) is 0 Å². The van der Waals surface area contributed by atoms with Gasteiger partial charge in [-0.05, 0) is 96.4 Å². The number of hydrogen-bond donors (Lipinski definition) is 0. The van der Waals surface area contributed by atoms with E-state index in [-0.39, 0.29) is 5.56 Å². The number of hydrogen-bond acceptors (Lipinski definition) is 2. The van der Waals surface area contributed by atoms with E-state index in [2.05, 4.69) is 67.8 Å². The molecular weight excluding hydrogens is 624 g/mol. The molecule has 2 nitrogen and oxygen atoms in total. The third-order valence-corrected chi connectivity index (χ3v) is 8.59. The smallest absolute Gasteiger partial charge is 0.0726 e. The molecule has 0 aliphatic heterocycles. The number of carbonyl (C=O) groups is 1. The SMILES string of the molecule is O=C([O-])c1cc(I)c(I)c(I)c1I. The molecule has 0 saturated carbocycles. The number of carbonyl (C=O) groups excluding carboxylic acids is 1. The van der Waals surface area contributed by atoms with Gasteiger partial charge in [0, 0.05) is 19.8 Å². The zero-order chi connectivity index (χ0) is 10.2. The molecular formula is C7HI4O2-. The molecule has 0 heterocycles. The minimum absolute atomic E-state index is 0.273. The Bertz CT molecular complexity index is 375. The van der Waals surface area contributed by atoms with Gasteiger partial charge in [0.05, 0.1) is 5.97 Å². The first kappa shape index (κ1) is 12.7. The monoisotopic (exact) mass is 625 g/mol. The summed E-state index contributed by atoms with van der Waals surface area (Å²) in [6, 6.07) is 1.64. The molecule has 0 spiro atoms. The van der Waals surface area contributed by atoms with Crippen LogP contribution in [0.4, 0.5) is 0 Å². The van der Waals surface area contributed by atoms with Gasteiger partial charge in [-0.2, -0.15) is 0 Å². The van der Waals surface area contributed by atoms with Gasteiger partial charge in [-0.15, -0.1) is 0 Å². The second kappa shape index (κ2) is 5.09. The lowest BCUT2D eigenvalue weighted by Crippen LogP contribution is -2.24.